The molecule has 0 saturated carbocycles. The average molecular weight is 299 g/mol. The van der Waals surface area contributed by atoms with Crippen molar-refractivity contribution in [1.29, 1.82) is 0 Å². The molecule has 2 N–H and O–H groups in total. The predicted molar refractivity (Wildman–Crippen MR) is 82.4 cm³/mol. The van der Waals surface area contributed by atoms with Gasteiger partial charge in [0.25, 0.3) is 11.5 Å². The summed E-state index contributed by atoms with van der Waals surface area (Å²) < 4.78 is 5.41. The van der Waals surface area contributed by atoms with Gasteiger partial charge in [-0.2, -0.15) is 0 Å². The predicted octanol–water partition coefficient (Wildman–Crippen LogP) is 1.91. The molecule has 2 aromatic heterocycles. The van der Waals surface area contributed by atoms with E-state index in [2.05, 4.69) is 15.3 Å². The molecule has 6 nitrogen and oxygen atoms in total. The highest BCUT2D eigenvalue weighted by molar-refractivity contribution is 6.04. The quantitative estimate of drug-likeness (QED) is 0.903. The van der Waals surface area contributed by atoms with Gasteiger partial charge in [-0.05, 0) is 49.9 Å². The fraction of sp³-hybridized carbons (Fsp3) is 0.312. The number of hydrogen-bond acceptors (Lipinski definition) is 4. The molecule has 22 heavy (non-hydrogen) atoms. The van der Waals surface area contributed by atoms with E-state index in [1.807, 2.05) is 6.92 Å². The molecular weight excluding hydrogens is 282 g/mol. The van der Waals surface area contributed by atoms with Crippen LogP contribution < -0.4 is 15.6 Å². The average Bonchev–Trinajstić information content (AvgIpc) is 2.95. The van der Waals surface area contributed by atoms with Crippen molar-refractivity contribution in [2.45, 2.75) is 26.2 Å². The Morgan fingerprint density at radius 3 is 3.14 bits per heavy atom. The van der Waals surface area contributed by atoms with E-state index in [1.165, 1.54) is 0 Å². The third kappa shape index (κ3) is 2.72. The van der Waals surface area contributed by atoms with Gasteiger partial charge < -0.3 is 15.0 Å². The van der Waals surface area contributed by atoms with Crippen molar-refractivity contribution in [2.24, 2.45) is 0 Å². The zero-order chi connectivity index (χ0) is 15.5. The van der Waals surface area contributed by atoms with E-state index in [-0.39, 0.29) is 11.1 Å². The maximum atomic E-state index is 12.4. The largest absolute Gasteiger partial charge is 0.490 e. The van der Waals surface area contributed by atoms with Gasteiger partial charge in [-0.15, -0.1) is 0 Å². The van der Waals surface area contributed by atoms with Crippen molar-refractivity contribution in [2.75, 3.05) is 11.9 Å². The highest BCUT2D eigenvalue weighted by atomic mass is 16.5. The van der Waals surface area contributed by atoms with Gasteiger partial charge in [-0.3, -0.25) is 9.59 Å². The monoisotopic (exact) mass is 299 g/mol. The lowest BCUT2D eigenvalue weighted by Gasteiger charge is -2.10. The van der Waals surface area contributed by atoms with Crippen molar-refractivity contribution in [3.05, 3.63) is 51.6 Å². The van der Waals surface area contributed by atoms with Gasteiger partial charge in [0.15, 0.2) is 11.6 Å². The first-order valence-electron chi connectivity index (χ1n) is 7.33. The van der Waals surface area contributed by atoms with Crippen molar-refractivity contribution in [1.82, 2.24) is 9.97 Å². The number of fused-ring (bicyclic) bond motifs is 1. The Labute approximate surface area is 127 Å². The van der Waals surface area contributed by atoms with Crippen LogP contribution in [0.2, 0.25) is 0 Å². The van der Waals surface area contributed by atoms with Gasteiger partial charge >= 0.3 is 0 Å². The number of aromatic nitrogens is 2. The minimum absolute atomic E-state index is 0.105. The summed E-state index contributed by atoms with van der Waals surface area (Å²) in [4.78, 5) is 31.3. The number of hydrogen-bond donors (Lipinski definition) is 2. The Balaban J connectivity index is 1.88. The number of pyridine rings is 2. The zero-order valence-corrected chi connectivity index (χ0v) is 12.3. The first kappa shape index (κ1) is 14.3. The second-order valence-electron chi connectivity index (χ2n) is 5.11. The molecule has 0 radical (unpaired) electrons. The van der Waals surface area contributed by atoms with Crippen molar-refractivity contribution in [3.63, 3.8) is 0 Å². The van der Waals surface area contributed by atoms with Crippen molar-refractivity contribution >= 4 is 11.7 Å². The van der Waals surface area contributed by atoms with E-state index in [9.17, 15) is 9.59 Å². The Morgan fingerprint density at radius 1 is 1.45 bits per heavy atom. The standard InChI is InChI=1S/C16H17N3O3/c1-2-22-13-7-4-8-17-14(13)19-16(21)11-9-10-5-3-6-12(10)18-15(11)20/h4,7-9H,2-3,5-6H2,1H3,(H,18,20)(H,17,19,21). The normalized spacial score (nSPS) is 12.8. The molecule has 0 aliphatic heterocycles. The van der Waals surface area contributed by atoms with E-state index in [1.54, 1.807) is 24.4 Å². The summed E-state index contributed by atoms with van der Waals surface area (Å²) in [5.74, 6) is 0.320. The molecule has 1 amide bonds. The van der Waals surface area contributed by atoms with E-state index in [0.717, 1.165) is 30.5 Å². The van der Waals surface area contributed by atoms with Crippen molar-refractivity contribution in [3.8, 4) is 5.75 Å². The molecule has 3 rings (SSSR count). The highest BCUT2D eigenvalue weighted by Gasteiger charge is 2.19. The van der Waals surface area contributed by atoms with E-state index in [4.69, 9.17) is 4.74 Å². The second-order valence-corrected chi connectivity index (χ2v) is 5.11. The number of aromatic amines is 1. The molecule has 114 valence electrons. The van der Waals surface area contributed by atoms with Crippen LogP contribution in [-0.2, 0) is 12.8 Å². The second kappa shape index (κ2) is 6.01. The Hall–Kier alpha value is -2.63. The summed E-state index contributed by atoms with van der Waals surface area (Å²) in [7, 11) is 0. The van der Waals surface area contributed by atoms with Crippen LogP contribution >= 0.6 is 0 Å². The molecule has 0 atom stereocenters. The molecule has 2 aromatic rings. The van der Waals surface area contributed by atoms with Gasteiger partial charge in [0.1, 0.15) is 5.56 Å². The molecule has 0 bridgehead atoms. The number of aryl methyl sites for hydroxylation is 2. The third-order valence-corrected chi connectivity index (χ3v) is 3.64. The van der Waals surface area contributed by atoms with Gasteiger partial charge in [-0.1, -0.05) is 0 Å². The smallest absolute Gasteiger partial charge is 0.262 e. The number of amides is 1. The number of nitrogens with one attached hydrogen (secondary N) is 2. The lowest BCUT2D eigenvalue weighted by Crippen LogP contribution is -2.24. The molecular formula is C16H17N3O3. The summed E-state index contributed by atoms with van der Waals surface area (Å²) in [6.07, 6.45) is 4.32. The SMILES string of the molecule is CCOc1cccnc1NC(=O)c1cc2c([nH]c1=O)CCC2. The van der Waals surface area contributed by atoms with Gasteiger partial charge in [0, 0.05) is 11.9 Å². The molecule has 1 aliphatic rings. The summed E-state index contributed by atoms with van der Waals surface area (Å²) in [5.41, 5.74) is 1.71. The first-order valence-corrected chi connectivity index (χ1v) is 7.33. The van der Waals surface area contributed by atoms with Crippen LogP contribution in [0.4, 0.5) is 5.82 Å². The van der Waals surface area contributed by atoms with Crippen LogP contribution in [0.3, 0.4) is 0 Å². The number of anilines is 1. The highest BCUT2D eigenvalue weighted by Crippen LogP contribution is 2.22. The maximum absolute atomic E-state index is 12.4. The number of H-pyrrole nitrogens is 1. The number of ether oxygens (including phenoxy) is 1. The molecule has 0 fully saturated rings. The minimum Gasteiger partial charge on any atom is -0.490 e. The molecule has 0 unspecified atom stereocenters. The first-order chi connectivity index (χ1) is 10.7. The number of carbonyl (C=O) groups is 1. The van der Waals surface area contributed by atoms with Crippen LogP contribution in [0.1, 0.15) is 35.0 Å². The van der Waals surface area contributed by atoms with Crippen LogP contribution in [0.15, 0.2) is 29.2 Å². The molecule has 6 heteroatoms. The van der Waals surface area contributed by atoms with Gasteiger partial charge in [0.2, 0.25) is 0 Å². The number of rotatable bonds is 4. The summed E-state index contributed by atoms with van der Waals surface area (Å²) in [5, 5.41) is 2.65. The number of nitrogens with zero attached hydrogens (tertiary/aromatic N) is 1. The number of carbonyl (C=O) groups excluding carboxylic acids is 1. The van der Waals surface area contributed by atoms with Crippen molar-refractivity contribution < 1.29 is 9.53 Å². The van der Waals surface area contributed by atoms with Crippen LogP contribution in [0.5, 0.6) is 5.75 Å². The Morgan fingerprint density at radius 2 is 2.32 bits per heavy atom. The summed E-state index contributed by atoms with van der Waals surface area (Å²) in [6.45, 7) is 2.32. The lowest BCUT2D eigenvalue weighted by molar-refractivity contribution is 0.102. The summed E-state index contributed by atoms with van der Waals surface area (Å²) >= 11 is 0. The third-order valence-electron chi connectivity index (χ3n) is 3.64. The maximum Gasteiger partial charge on any atom is 0.262 e. The Bertz CT molecular complexity index is 767. The molecule has 1 aliphatic carbocycles. The van der Waals surface area contributed by atoms with E-state index in [0.29, 0.717) is 18.2 Å². The van der Waals surface area contributed by atoms with Crippen LogP contribution in [0, 0.1) is 0 Å². The van der Waals surface area contributed by atoms with Gasteiger partial charge in [0.05, 0.1) is 6.61 Å². The molecule has 0 saturated heterocycles. The molecule has 2 heterocycles. The molecule has 0 aromatic carbocycles. The summed E-state index contributed by atoms with van der Waals surface area (Å²) in [6, 6.07) is 5.13. The Kier molecular flexibility index (Phi) is 3.91. The van der Waals surface area contributed by atoms with E-state index >= 15 is 0 Å². The van der Waals surface area contributed by atoms with Gasteiger partial charge in [-0.25, -0.2) is 4.98 Å². The molecule has 0 spiro atoms. The fourth-order valence-electron chi connectivity index (χ4n) is 2.61. The zero-order valence-electron chi connectivity index (χ0n) is 12.3. The lowest BCUT2D eigenvalue weighted by atomic mass is 10.1. The van der Waals surface area contributed by atoms with Crippen LogP contribution in [0.25, 0.3) is 0 Å². The topological polar surface area (TPSA) is 84.1 Å². The fourth-order valence-corrected chi connectivity index (χ4v) is 2.61. The minimum atomic E-state index is -0.476. The van der Waals surface area contributed by atoms with Crippen LogP contribution in [-0.4, -0.2) is 22.5 Å². The van der Waals surface area contributed by atoms with E-state index < -0.39 is 5.91 Å².